The number of nitrogens with zero attached hydrogens (tertiary/aromatic N) is 3. The van der Waals surface area contributed by atoms with Crippen molar-refractivity contribution in [3.8, 4) is 6.07 Å². The van der Waals surface area contributed by atoms with Gasteiger partial charge in [0.2, 0.25) is 5.88 Å². The molecule has 0 aliphatic carbocycles. The van der Waals surface area contributed by atoms with E-state index in [0.29, 0.717) is 0 Å². The number of esters is 1. The molecule has 1 aromatic heterocycles. The van der Waals surface area contributed by atoms with E-state index in [-0.39, 0.29) is 35.3 Å². The number of fused-ring (bicyclic) bond motifs is 1. The van der Waals surface area contributed by atoms with E-state index in [0.717, 1.165) is 60.2 Å². The second-order valence-electron chi connectivity index (χ2n) is 8.26. The summed E-state index contributed by atoms with van der Waals surface area (Å²) in [6.07, 6.45) is 3.27. The quantitative estimate of drug-likeness (QED) is 0.514. The maximum Gasteiger partial charge on any atom is 0.338 e. The predicted octanol–water partition coefficient (Wildman–Crippen LogP) is 4.40. The molecule has 0 radical (unpaired) electrons. The summed E-state index contributed by atoms with van der Waals surface area (Å²) in [5, 5.41) is 10.9. The highest BCUT2D eigenvalue weighted by atomic mass is 35.5. The Bertz CT molecular complexity index is 1190. The molecule has 0 amide bonds. The number of carbonyl (C=O) groups excluding carboxylic acids is 1. The van der Waals surface area contributed by atoms with Crippen molar-refractivity contribution in [3.05, 3.63) is 58.2 Å². The average Bonchev–Trinajstić information content (AvgIpc) is 2.83. The lowest BCUT2D eigenvalue weighted by Crippen LogP contribution is -2.33. The van der Waals surface area contributed by atoms with Gasteiger partial charge in [-0.05, 0) is 50.8 Å². The molecule has 0 saturated carbocycles. The summed E-state index contributed by atoms with van der Waals surface area (Å²) >= 11 is 6.15. The van der Waals surface area contributed by atoms with Gasteiger partial charge >= 0.3 is 5.97 Å². The van der Waals surface area contributed by atoms with Crippen LogP contribution in [0.5, 0.6) is 0 Å². The van der Waals surface area contributed by atoms with Gasteiger partial charge in [-0.15, -0.1) is 11.6 Å². The fourth-order valence-corrected chi connectivity index (χ4v) is 4.71. The summed E-state index contributed by atoms with van der Waals surface area (Å²) < 4.78 is 10.9. The van der Waals surface area contributed by atoms with E-state index in [9.17, 15) is 10.1 Å². The number of rotatable bonds is 5. The van der Waals surface area contributed by atoms with Gasteiger partial charge in [0.1, 0.15) is 23.2 Å². The molecule has 1 aromatic carbocycles. The number of pyridine rings is 1. The number of halogens is 1. The number of allylic oxidation sites excluding steroid dienone is 2. The number of carbonyl (C=O) groups is 1. The number of aryl methyl sites for hydroxylation is 1. The fourth-order valence-electron chi connectivity index (χ4n) is 4.52. The third-order valence-corrected chi connectivity index (χ3v) is 6.30. The topological polar surface area (TPSA) is 101 Å². The highest BCUT2D eigenvalue weighted by molar-refractivity contribution is 6.19. The average molecular weight is 467 g/mol. The van der Waals surface area contributed by atoms with E-state index in [1.54, 1.807) is 6.92 Å². The first-order chi connectivity index (χ1) is 16.0. The van der Waals surface area contributed by atoms with Crippen LogP contribution in [0, 0.1) is 18.3 Å². The third kappa shape index (κ3) is 4.36. The molecule has 1 atom stereocenters. The molecule has 33 heavy (non-hydrogen) atoms. The first-order valence-electron chi connectivity index (χ1n) is 11.2. The lowest BCUT2D eigenvalue weighted by molar-refractivity contribution is -0.139. The normalized spacial score (nSPS) is 18.8. The van der Waals surface area contributed by atoms with Crippen molar-refractivity contribution in [3.63, 3.8) is 0 Å². The van der Waals surface area contributed by atoms with E-state index in [1.165, 1.54) is 0 Å². The Labute approximate surface area is 198 Å². The first-order valence-corrected chi connectivity index (χ1v) is 11.7. The molecule has 1 fully saturated rings. The maximum atomic E-state index is 13.1. The molecule has 2 aliphatic rings. The number of hydrogen-bond acceptors (Lipinski definition) is 7. The number of anilines is 1. The number of benzene rings is 1. The Kier molecular flexibility index (Phi) is 6.75. The van der Waals surface area contributed by atoms with E-state index in [2.05, 4.69) is 11.0 Å². The second-order valence-corrected chi connectivity index (χ2v) is 8.53. The van der Waals surface area contributed by atoms with Gasteiger partial charge < -0.3 is 20.1 Å². The van der Waals surface area contributed by atoms with Crippen molar-refractivity contribution in [1.29, 1.82) is 5.26 Å². The van der Waals surface area contributed by atoms with E-state index in [4.69, 9.17) is 31.8 Å². The van der Waals surface area contributed by atoms with Gasteiger partial charge in [-0.2, -0.15) is 5.26 Å². The predicted molar refractivity (Wildman–Crippen MR) is 128 cm³/mol. The van der Waals surface area contributed by atoms with Crippen molar-refractivity contribution in [2.45, 2.75) is 39.0 Å². The zero-order valence-corrected chi connectivity index (χ0v) is 19.6. The molecular formula is C25H27ClN4O3. The van der Waals surface area contributed by atoms with Crippen LogP contribution in [0.25, 0.3) is 10.9 Å². The Hall–Kier alpha value is -3.24. The number of alkyl halides is 1. The number of nitriles is 1. The Balaban J connectivity index is 2.00. The number of aromatic nitrogens is 1. The molecule has 4 rings (SSSR count). The van der Waals surface area contributed by atoms with Crippen LogP contribution in [-0.4, -0.2) is 36.5 Å². The van der Waals surface area contributed by atoms with Gasteiger partial charge in [0.25, 0.3) is 0 Å². The van der Waals surface area contributed by atoms with Crippen LogP contribution in [0.1, 0.15) is 43.2 Å². The molecule has 7 nitrogen and oxygen atoms in total. The van der Waals surface area contributed by atoms with Gasteiger partial charge in [-0.3, -0.25) is 0 Å². The van der Waals surface area contributed by atoms with Crippen LogP contribution >= 0.6 is 11.6 Å². The molecule has 1 saturated heterocycles. The maximum absolute atomic E-state index is 13.1. The summed E-state index contributed by atoms with van der Waals surface area (Å²) in [6.45, 7) is 5.64. The Morgan fingerprint density at radius 3 is 2.76 bits per heavy atom. The minimum absolute atomic E-state index is 0.0557. The minimum Gasteiger partial charge on any atom is -0.463 e. The lowest BCUT2D eigenvalue weighted by atomic mass is 9.82. The smallest absolute Gasteiger partial charge is 0.338 e. The zero-order chi connectivity index (χ0) is 23.5. The van der Waals surface area contributed by atoms with Crippen molar-refractivity contribution in [2.24, 2.45) is 5.73 Å². The third-order valence-electron chi connectivity index (χ3n) is 6.06. The minimum atomic E-state index is -0.785. The molecular weight excluding hydrogens is 440 g/mol. The monoisotopic (exact) mass is 466 g/mol. The van der Waals surface area contributed by atoms with Gasteiger partial charge in [0, 0.05) is 24.0 Å². The van der Waals surface area contributed by atoms with Gasteiger partial charge in [-0.25, -0.2) is 9.78 Å². The SMILES string of the molecule is CCOC(=O)C1=C(CCl)OC(N)=C(C#N)C1c1cc2ccc(C)cc2nc1N1CCCCC1. The fraction of sp³-hybridized carbons (Fsp3) is 0.400. The van der Waals surface area contributed by atoms with Crippen LogP contribution in [0.4, 0.5) is 5.82 Å². The summed E-state index contributed by atoms with van der Waals surface area (Å²) in [4.78, 5) is 20.3. The number of hydrogen-bond donors (Lipinski definition) is 1. The molecule has 1 unspecified atom stereocenters. The first kappa shape index (κ1) is 22.9. The Morgan fingerprint density at radius 1 is 1.33 bits per heavy atom. The number of ether oxygens (including phenoxy) is 2. The summed E-state index contributed by atoms with van der Waals surface area (Å²) in [5.41, 5.74) is 9.18. The van der Waals surface area contributed by atoms with Crippen LogP contribution in [0.15, 0.2) is 47.1 Å². The van der Waals surface area contributed by atoms with E-state index >= 15 is 0 Å². The van der Waals surface area contributed by atoms with Crippen LogP contribution in [0.2, 0.25) is 0 Å². The molecule has 8 heteroatoms. The summed E-state index contributed by atoms with van der Waals surface area (Å²) in [5.74, 6) is -0.553. The molecule has 0 spiro atoms. The molecule has 172 valence electrons. The van der Waals surface area contributed by atoms with Crippen molar-refractivity contribution in [1.82, 2.24) is 4.98 Å². The van der Waals surface area contributed by atoms with Crippen molar-refractivity contribution >= 4 is 34.3 Å². The van der Waals surface area contributed by atoms with Crippen molar-refractivity contribution in [2.75, 3.05) is 30.5 Å². The van der Waals surface area contributed by atoms with Crippen LogP contribution < -0.4 is 10.6 Å². The lowest BCUT2D eigenvalue weighted by Gasteiger charge is -2.33. The van der Waals surface area contributed by atoms with Gasteiger partial charge in [0.05, 0.1) is 29.5 Å². The molecule has 2 N–H and O–H groups in total. The standard InChI is InChI=1S/C25H27ClN4O3/c1-3-32-25(31)22-20(13-26)33-23(28)18(14-27)21(22)17-12-16-8-7-15(2)11-19(16)29-24(17)30-9-5-4-6-10-30/h7-8,11-12,21H,3-6,9-10,13,28H2,1-2H3. The number of piperidine rings is 1. The highest BCUT2D eigenvalue weighted by Crippen LogP contribution is 2.44. The van der Waals surface area contributed by atoms with E-state index in [1.807, 2.05) is 31.2 Å². The zero-order valence-electron chi connectivity index (χ0n) is 18.9. The Morgan fingerprint density at radius 2 is 2.09 bits per heavy atom. The molecule has 2 aliphatic heterocycles. The molecule has 2 aromatic rings. The number of nitrogens with two attached hydrogens (primary N) is 1. The summed E-state index contributed by atoms with van der Waals surface area (Å²) in [6, 6.07) is 10.2. The highest BCUT2D eigenvalue weighted by Gasteiger charge is 2.39. The second kappa shape index (κ2) is 9.72. The van der Waals surface area contributed by atoms with E-state index < -0.39 is 11.9 Å². The summed E-state index contributed by atoms with van der Waals surface area (Å²) in [7, 11) is 0. The van der Waals surface area contributed by atoms with Crippen LogP contribution in [0.3, 0.4) is 0 Å². The van der Waals surface area contributed by atoms with Gasteiger partial charge in [0.15, 0.2) is 0 Å². The van der Waals surface area contributed by atoms with Gasteiger partial charge in [-0.1, -0.05) is 12.1 Å². The largest absolute Gasteiger partial charge is 0.463 e. The van der Waals surface area contributed by atoms with Crippen molar-refractivity contribution < 1.29 is 14.3 Å². The van der Waals surface area contributed by atoms with Crippen LogP contribution in [-0.2, 0) is 14.3 Å². The molecule has 0 bridgehead atoms. The molecule has 3 heterocycles.